The Bertz CT molecular complexity index is 476. The van der Waals surface area contributed by atoms with Crippen LogP contribution in [0.4, 0.5) is 4.79 Å². The molecule has 26 heavy (non-hydrogen) atoms. The molecular formula is C22H35IO3. The van der Waals surface area contributed by atoms with Crippen molar-refractivity contribution in [3.8, 4) is 5.75 Å². The number of benzene rings is 1. The van der Waals surface area contributed by atoms with Crippen molar-refractivity contribution in [3.63, 3.8) is 0 Å². The van der Waals surface area contributed by atoms with Gasteiger partial charge in [-0.3, -0.25) is 0 Å². The summed E-state index contributed by atoms with van der Waals surface area (Å²) >= 11 is 1.53. The van der Waals surface area contributed by atoms with Gasteiger partial charge in [-0.15, -0.1) is 0 Å². The summed E-state index contributed by atoms with van der Waals surface area (Å²) in [7, 11) is 0. The molecule has 0 aliphatic heterocycles. The van der Waals surface area contributed by atoms with Gasteiger partial charge in [0, 0.05) is 0 Å². The van der Waals surface area contributed by atoms with Gasteiger partial charge in [-0.05, 0) is 30.5 Å². The molecule has 0 atom stereocenters. The lowest BCUT2D eigenvalue weighted by Gasteiger charge is -2.05. The van der Waals surface area contributed by atoms with Crippen LogP contribution in [-0.2, 0) is 9.49 Å². The van der Waals surface area contributed by atoms with Crippen LogP contribution in [0.3, 0.4) is 0 Å². The number of rotatable bonds is 15. The van der Waals surface area contributed by atoms with E-state index in [4.69, 9.17) is 4.74 Å². The lowest BCUT2D eigenvalue weighted by Crippen LogP contribution is -2.04. The van der Waals surface area contributed by atoms with Gasteiger partial charge in [-0.25, -0.2) is 4.79 Å². The van der Waals surface area contributed by atoms with Crippen LogP contribution in [-0.4, -0.2) is 6.16 Å². The Kier molecular flexibility index (Phi) is 14.7. The van der Waals surface area contributed by atoms with Gasteiger partial charge in [0.1, 0.15) is 5.75 Å². The first-order chi connectivity index (χ1) is 12.8. The smallest absolute Gasteiger partial charge is 0.394 e. The molecule has 0 aliphatic carbocycles. The molecule has 0 fully saturated rings. The zero-order valence-corrected chi connectivity index (χ0v) is 18.5. The minimum atomic E-state index is -0.677. The molecule has 1 rings (SSSR count). The maximum atomic E-state index is 11.1. The fourth-order valence-corrected chi connectivity index (χ4v) is 3.31. The average Bonchev–Trinajstić information content (AvgIpc) is 2.65. The number of hydrogen-bond acceptors (Lipinski definition) is 3. The first kappa shape index (κ1) is 23.3. The molecule has 0 amide bonds. The minimum Gasteiger partial charge on any atom is -0.394 e. The Hall–Kier alpha value is -0.780. The maximum Gasteiger partial charge on any atom is 0.523 e. The largest absolute Gasteiger partial charge is 0.523 e. The predicted molar refractivity (Wildman–Crippen MR) is 117 cm³/mol. The van der Waals surface area contributed by atoms with E-state index in [0.717, 1.165) is 6.42 Å². The van der Waals surface area contributed by atoms with Gasteiger partial charge in [-0.2, -0.15) is 0 Å². The summed E-state index contributed by atoms with van der Waals surface area (Å²) in [4.78, 5) is 11.1. The molecule has 0 radical (unpaired) electrons. The molecule has 1 aromatic carbocycles. The molecule has 0 N–H and O–H groups in total. The quantitative estimate of drug-likeness (QED) is 0.111. The van der Waals surface area contributed by atoms with Crippen molar-refractivity contribution in [2.75, 3.05) is 0 Å². The van der Waals surface area contributed by atoms with Crippen molar-refractivity contribution in [1.29, 1.82) is 0 Å². The summed E-state index contributed by atoms with van der Waals surface area (Å²) in [5, 5.41) is 0. The van der Waals surface area contributed by atoms with Crippen molar-refractivity contribution < 1.29 is 12.6 Å². The van der Waals surface area contributed by atoms with Crippen LogP contribution in [0, 0.1) is 0 Å². The number of halogens is 1. The Balaban J connectivity index is 1.96. The predicted octanol–water partition coefficient (Wildman–Crippen LogP) is 8.19. The second-order valence-corrected chi connectivity index (χ2v) is 7.51. The highest BCUT2D eigenvalue weighted by molar-refractivity contribution is 14.1. The van der Waals surface area contributed by atoms with Gasteiger partial charge in [-0.1, -0.05) is 96.1 Å². The summed E-state index contributed by atoms with van der Waals surface area (Å²) in [5.74, 6) is 0.555. The van der Waals surface area contributed by atoms with Crippen molar-refractivity contribution in [3.05, 3.63) is 29.8 Å². The summed E-state index contributed by atoms with van der Waals surface area (Å²) in [6, 6.07) is 7.71. The first-order valence-electron chi connectivity index (χ1n) is 10.4. The molecule has 0 heterocycles. The highest BCUT2D eigenvalue weighted by atomic mass is 127. The Labute approximate surface area is 173 Å². The van der Waals surface area contributed by atoms with Crippen molar-refractivity contribution in [2.45, 2.75) is 96.8 Å². The van der Waals surface area contributed by atoms with Crippen LogP contribution in [0.25, 0.3) is 0 Å². The van der Waals surface area contributed by atoms with Crippen molar-refractivity contribution in [2.24, 2.45) is 0 Å². The zero-order valence-electron chi connectivity index (χ0n) is 16.3. The zero-order chi connectivity index (χ0) is 18.9. The third kappa shape index (κ3) is 12.6. The maximum absolute atomic E-state index is 11.1. The fourth-order valence-electron chi connectivity index (χ4n) is 3.22. The van der Waals surface area contributed by atoms with Gasteiger partial charge in [0.25, 0.3) is 0 Å². The molecule has 1 aromatic rings. The number of carbonyl (C=O) groups is 1. The van der Waals surface area contributed by atoms with Crippen molar-refractivity contribution >= 4 is 29.2 Å². The van der Waals surface area contributed by atoms with E-state index in [1.54, 1.807) is 6.07 Å². The Morgan fingerprint density at radius 1 is 0.846 bits per heavy atom. The van der Waals surface area contributed by atoms with E-state index in [1.165, 1.54) is 112 Å². The van der Waals surface area contributed by atoms with E-state index in [2.05, 4.69) is 16.1 Å². The lowest BCUT2D eigenvalue weighted by atomic mass is 10.0. The van der Waals surface area contributed by atoms with E-state index in [-0.39, 0.29) is 0 Å². The second-order valence-electron chi connectivity index (χ2n) is 7.07. The molecule has 0 saturated heterocycles. The monoisotopic (exact) mass is 474 g/mol. The van der Waals surface area contributed by atoms with Gasteiger partial charge in [0.05, 0.1) is 0 Å². The molecular weight excluding hydrogens is 439 g/mol. The van der Waals surface area contributed by atoms with E-state index in [0.29, 0.717) is 5.75 Å². The first-order valence-corrected chi connectivity index (χ1v) is 11.2. The molecule has 0 spiro atoms. The number of aryl methyl sites for hydroxylation is 1. The highest BCUT2D eigenvalue weighted by Gasteiger charge is 2.05. The lowest BCUT2D eigenvalue weighted by molar-refractivity contribution is 0.167. The summed E-state index contributed by atoms with van der Waals surface area (Å²) in [6.07, 6.45) is 18.2. The number of ether oxygens (including phenoxy) is 1. The normalized spacial score (nSPS) is 10.7. The van der Waals surface area contributed by atoms with Gasteiger partial charge < -0.3 is 7.80 Å². The third-order valence-electron chi connectivity index (χ3n) is 4.73. The van der Waals surface area contributed by atoms with E-state index < -0.39 is 6.16 Å². The Morgan fingerprint density at radius 3 is 1.92 bits per heavy atom. The average molecular weight is 474 g/mol. The molecule has 0 bridgehead atoms. The topological polar surface area (TPSA) is 35.5 Å². The van der Waals surface area contributed by atoms with Crippen LogP contribution in [0.1, 0.15) is 96.0 Å². The van der Waals surface area contributed by atoms with E-state index in [9.17, 15) is 4.79 Å². The fraction of sp³-hybridized carbons (Fsp3) is 0.682. The standard InChI is InChI=1S/C22H35IO3/c1-2-3-4-5-6-7-8-9-10-11-12-13-14-16-20-17-15-18-21(19-20)25-22(24)26-23/h15,17-19H,2-14,16H2,1H3. The summed E-state index contributed by atoms with van der Waals surface area (Å²) < 4.78 is 9.54. The van der Waals surface area contributed by atoms with Crippen LogP contribution in [0.2, 0.25) is 0 Å². The minimum absolute atomic E-state index is 0.555. The summed E-state index contributed by atoms with van der Waals surface area (Å²) in [6.45, 7) is 2.27. The Morgan fingerprint density at radius 2 is 1.38 bits per heavy atom. The number of hydrogen-bond donors (Lipinski definition) is 0. The van der Waals surface area contributed by atoms with Gasteiger partial charge in [0.15, 0.2) is 23.0 Å². The molecule has 4 heteroatoms. The van der Waals surface area contributed by atoms with Crippen LogP contribution in [0.5, 0.6) is 5.75 Å². The van der Waals surface area contributed by atoms with Gasteiger partial charge >= 0.3 is 6.16 Å². The van der Waals surface area contributed by atoms with Crippen molar-refractivity contribution in [1.82, 2.24) is 0 Å². The van der Waals surface area contributed by atoms with Crippen LogP contribution in [0.15, 0.2) is 24.3 Å². The van der Waals surface area contributed by atoms with Gasteiger partial charge in [0.2, 0.25) is 0 Å². The molecule has 0 aromatic heterocycles. The molecule has 0 unspecified atom stereocenters. The number of unbranched alkanes of at least 4 members (excludes halogenated alkanes) is 12. The SMILES string of the molecule is CCCCCCCCCCCCCCCc1cccc(OC(=O)OI)c1. The third-order valence-corrected chi connectivity index (χ3v) is 5.09. The number of carbonyl (C=O) groups excluding carboxylic acids is 1. The van der Waals surface area contributed by atoms with Crippen LogP contribution >= 0.6 is 23.0 Å². The summed E-state index contributed by atoms with van der Waals surface area (Å²) in [5.41, 5.74) is 1.21. The molecule has 0 aliphatic rings. The van der Waals surface area contributed by atoms with Crippen LogP contribution < -0.4 is 4.74 Å². The second kappa shape index (κ2) is 16.4. The highest BCUT2D eigenvalue weighted by Crippen LogP contribution is 2.17. The van der Waals surface area contributed by atoms with E-state index >= 15 is 0 Å². The molecule has 3 nitrogen and oxygen atoms in total. The van der Waals surface area contributed by atoms with E-state index in [1.807, 2.05) is 12.1 Å². The molecule has 0 saturated carbocycles. The molecule has 148 valence electrons.